The van der Waals surface area contributed by atoms with E-state index in [2.05, 4.69) is 5.32 Å². The number of carbonyl (C=O) groups is 2. The quantitative estimate of drug-likeness (QED) is 0.638. The van der Waals surface area contributed by atoms with Gasteiger partial charge in [-0.15, -0.1) is 0 Å². The van der Waals surface area contributed by atoms with Crippen LogP contribution in [-0.2, 0) is 14.8 Å². The maximum absolute atomic E-state index is 12.4. The zero-order chi connectivity index (χ0) is 18.8. The molecule has 1 amide bonds. The van der Waals surface area contributed by atoms with E-state index in [9.17, 15) is 18.0 Å². The Morgan fingerprint density at radius 3 is 2.12 bits per heavy atom. The van der Waals surface area contributed by atoms with Gasteiger partial charge in [0.15, 0.2) is 0 Å². The van der Waals surface area contributed by atoms with Crippen molar-refractivity contribution in [2.75, 3.05) is 5.32 Å². The van der Waals surface area contributed by atoms with Gasteiger partial charge < -0.3 is 10.1 Å². The highest BCUT2D eigenvalue weighted by Crippen LogP contribution is 2.25. The van der Waals surface area contributed by atoms with Gasteiger partial charge in [0.1, 0.15) is 5.75 Å². The fourth-order valence-corrected chi connectivity index (χ4v) is 2.75. The molecule has 0 spiro atoms. The molecule has 0 saturated heterocycles. The summed E-state index contributed by atoms with van der Waals surface area (Å²) in [5.41, 5.74) is 2.22. The van der Waals surface area contributed by atoms with Gasteiger partial charge in [-0.1, -0.05) is 0 Å². The minimum atomic E-state index is -3.78. The number of hydrogen-bond acceptors (Lipinski definition) is 5. The van der Waals surface area contributed by atoms with Crippen molar-refractivity contribution in [3.63, 3.8) is 0 Å². The van der Waals surface area contributed by atoms with E-state index in [0.717, 1.165) is 0 Å². The van der Waals surface area contributed by atoms with Gasteiger partial charge >= 0.3 is 5.97 Å². The van der Waals surface area contributed by atoms with E-state index < -0.39 is 16.0 Å². The lowest BCUT2D eigenvalue weighted by Gasteiger charge is -2.13. The van der Waals surface area contributed by atoms with Crippen molar-refractivity contribution in [3.8, 4) is 5.75 Å². The predicted octanol–water partition coefficient (Wildman–Crippen LogP) is 2.13. The Morgan fingerprint density at radius 1 is 1.00 bits per heavy atom. The summed E-state index contributed by atoms with van der Waals surface area (Å²) in [6.07, 6.45) is 0. The van der Waals surface area contributed by atoms with Crippen LogP contribution < -0.4 is 15.2 Å². The zero-order valence-electron chi connectivity index (χ0n) is 14.0. The molecule has 0 radical (unpaired) electrons. The van der Waals surface area contributed by atoms with Gasteiger partial charge in [0.2, 0.25) is 10.0 Å². The van der Waals surface area contributed by atoms with Gasteiger partial charge in [-0.2, -0.15) is 0 Å². The number of ether oxygens (including phenoxy) is 1. The lowest BCUT2D eigenvalue weighted by Crippen LogP contribution is -2.15. The van der Waals surface area contributed by atoms with E-state index in [-0.39, 0.29) is 10.8 Å². The van der Waals surface area contributed by atoms with Crippen LogP contribution in [0.15, 0.2) is 41.3 Å². The van der Waals surface area contributed by atoms with E-state index in [0.29, 0.717) is 28.1 Å². The molecule has 2 aromatic carbocycles. The maximum atomic E-state index is 12.4. The number of sulfonamides is 1. The summed E-state index contributed by atoms with van der Waals surface area (Å²) in [4.78, 5) is 23.5. The molecule has 0 aliphatic carbocycles. The van der Waals surface area contributed by atoms with Gasteiger partial charge in [-0.3, -0.25) is 9.59 Å². The first-order valence-corrected chi connectivity index (χ1v) is 8.87. The highest BCUT2D eigenvalue weighted by atomic mass is 32.2. The Kier molecular flexibility index (Phi) is 5.24. The molecule has 25 heavy (non-hydrogen) atoms. The van der Waals surface area contributed by atoms with Crippen molar-refractivity contribution in [3.05, 3.63) is 53.1 Å². The normalized spacial score (nSPS) is 11.0. The second-order valence-corrected chi connectivity index (χ2v) is 7.04. The van der Waals surface area contributed by atoms with Crippen molar-refractivity contribution in [1.29, 1.82) is 0 Å². The molecule has 0 fully saturated rings. The molecule has 8 heteroatoms. The SMILES string of the molecule is CC(=O)Oc1ccc(C(=O)Nc2ccc(S(N)(=O)=O)cc2)c(C)c1C. The monoisotopic (exact) mass is 362 g/mol. The summed E-state index contributed by atoms with van der Waals surface area (Å²) < 4.78 is 27.6. The Hall–Kier alpha value is -2.71. The second-order valence-electron chi connectivity index (χ2n) is 5.48. The van der Waals surface area contributed by atoms with Crippen LogP contribution in [0.25, 0.3) is 0 Å². The summed E-state index contributed by atoms with van der Waals surface area (Å²) in [6, 6.07) is 8.65. The van der Waals surface area contributed by atoms with Crippen LogP contribution in [0.1, 0.15) is 28.4 Å². The van der Waals surface area contributed by atoms with Crippen molar-refractivity contribution in [1.82, 2.24) is 0 Å². The van der Waals surface area contributed by atoms with Gasteiger partial charge in [0, 0.05) is 18.2 Å². The summed E-state index contributed by atoms with van der Waals surface area (Å²) >= 11 is 0. The smallest absolute Gasteiger partial charge is 0.308 e. The van der Waals surface area contributed by atoms with Gasteiger partial charge in [0.25, 0.3) is 5.91 Å². The van der Waals surface area contributed by atoms with Crippen LogP contribution in [-0.4, -0.2) is 20.3 Å². The molecule has 0 unspecified atom stereocenters. The average Bonchev–Trinajstić information content (AvgIpc) is 2.51. The Balaban J connectivity index is 2.24. The van der Waals surface area contributed by atoms with E-state index in [1.54, 1.807) is 26.0 Å². The van der Waals surface area contributed by atoms with Crippen LogP contribution in [0, 0.1) is 13.8 Å². The fourth-order valence-electron chi connectivity index (χ4n) is 2.23. The first kappa shape index (κ1) is 18.6. The van der Waals surface area contributed by atoms with Gasteiger partial charge in [-0.05, 0) is 61.4 Å². The molecule has 2 rings (SSSR count). The Morgan fingerprint density at radius 2 is 1.60 bits per heavy atom. The summed E-state index contributed by atoms with van der Waals surface area (Å²) in [5, 5.41) is 7.72. The molecule has 0 heterocycles. The number of esters is 1. The lowest BCUT2D eigenvalue weighted by molar-refractivity contribution is -0.131. The highest BCUT2D eigenvalue weighted by Gasteiger charge is 2.15. The van der Waals surface area contributed by atoms with Crippen LogP contribution in [0.2, 0.25) is 0 Å². The van der Waals surface area contributed by atoms with E-state index >= 15 is 0 Å². The molecule has 2 aromatic rings. The molecule has 3 N–H and O–H groups in total. The average molecular weight is 362 g/mol. The number of benzene rings is 2. The predicted molar refractivity (Wildman–Crippen MR) is 93.0 cm³/mol. The molecule has 0 saturated carbocycles. The molecule has 0 atom stereocenters. The number of rotatable bonds is 4. The topological polar surface area (TPSA) is 116 Å². The molecule has 7 nitrogen and oxygen atoms in total. The zero-order valence-corrected chi connectivity index (χ0v) is 14.8. The lowest BCUT2D eigenvalue weighted by atomic mass is 10.0. The van der Waals surface area contributed by atoms with Crippen LogP contribution in [0.5, 0.6) is 5.75 Å². The summed E-state index contributed by atoms with van der Waals surface area (Å²) in [6.45, 7) is 4.81. The molecule has 0 aliphatic rings. The number of primary sulfonamides is 1. The Labute approximate surface area is 145 Å². The minimum absolute atomic E-state index is 0.0386. The molecule has 0 aromatic heterocycles. The fraction of sp³-hybridized carbons (Fsp3) is 0.176. The minimum Gasteiger partial charge on any atom is -0.426 e. The van der Waals surface area contributed by atoms with Gasteiger partial charge in [0.05, 0.1) is 4.90 Å². The van der Waals surface area contributed by atoms with Crippen LogP contribution in [0.3, 0.4) is 0 Å². The molecular weight excluding hydrogens is 344 g/mol. The Bertz CT molecular complexity index is 934. The third-order valence-corrected chi connectivity index (χ3v) is 4.61. The van der Waals surface area contributed by atoms with Crippen molar-refractivity contribution in [2.45, 2.75) is 25.7 Å². The number of nitrogens with one attached hydrogen (secondary N) is 1. The summed E-state index contributed by atoms with van der Waals surface area (Å²) in [7, 11) is -3.78. The highest BCUT2D eigenvalue weighted by molar-refractivity contribution is 7.89. The molecule has 0 bridgehead atoms. The standard InChI is InChI=1S/C17H18N2O5S/c1-10-11(2)16(24-12(3)20)9-8-15(10)17(21)19-13-4-6-14(7-5-13)25(18,22)23/h4-9H,1-3H3,(H,19,21)(H2,18,22,23). The third kappa shape index (κ3) is 4.43. The number of amides is 1. The third-order valence-electron chi connectivity index (χ3n) is 3.68. The van der Waals surface area contributed by atoms with Crippen LogP contribution >= 0.6 is 0 Å². The maximum Gasteiger partial charge on any atom is 0.308 e. The van der Waals surface area contributed by atoms with E-state index in [1.165, 1.54) is 31.2 Å². The van der Waals surface area contributed by atoms with Crippen molar-refractivity contribution >= 4 is 27.6 Å². The molecular formula is C17H18N2O5S. The number of hydrogen-bond donors (Lipinski definition) is 2. The van der Waals surface area contributed by atoms with Crippen molar-refractivity contribution < 1.29 is 22.7 Å². The van der Waals surface area contributed by atoms with Gasteiger partial charge in [-0.25, -0.2) is 13.6 Å². The number of anilines is 1. The molecule has 0 aliphatic heterocycles. The number of nitrogens with two attached hydrogens (primary N) is 1. The number of carbonyl (C=O) groups excluding carboxylic acids is 2. The first-order chi connectivity index (χ1) is 11.6. The largest absolute Gasteiger partial charge is 0.426 e. The van der Waals surface area contributed by atoms with Crippen LogP contribution in [0.4, 0.5) is 5.69 Å². The summed E-state index contributed by atoms with van der Waals surface area (Å²) in [5.74, 6) is -0.396. The van der Waals surface area contributed by atoms with Crippen molar-refractivity contribution in [2.24, 2.45) is 5.14 Å². The van der Waals surface area contributed by atoms with E-state index in [1.807, 2.05) is 0 Å². The van der Waals surface area contributed by atoms with E-state index in [4.69, 9.17) is 9.88 Å². The molecule has 132 valence electrons. The second kappa shape index (κ2) is 7.04. The first-order valence-electron chi connectivity index (χ1n) is 7.32.